The van der Waals surface area contributed by atoms with E-state index in [1.807, 2.05) is 38.1 Å². The van der Waals surface area contributed by atoms with Gasteiger partial charge in [-0.05, 0) is 60.2 Å². The van der Waals surface area contributed by atoms with Gasteiger partial charge < -0.3 is 15.1 Å². The molecule has 0 saturated heterocycles. The van der Waals surface area contributed by atoms with Crippen LogP contribution in [0.4, 0.5) is 5.69 Å². The van der Waals surface area contributed by atoms with Gasteiger partial charge in [0, 0.05) is 29.1 Å². The SMILES string of the molecule is CC(C)C(=O)Nc1ccc(CNC(=O)Cc2coc3cc4c(cc23)CCC4)cc1. The van der Waals surface area contributed by atoms with Crippen molar-refractivity contribution in [1.82, 2.24) is 5.32 Å². The van der Waals surface area contributed by atoms with Crippen LogP contribution >= 0.6 is 0 Å². The van der Waals surface area contributed by atoms with Crippen LogP contribution in [0.2, 0.25) is 0 Å². The van der Waals surface area contributed by atoms with Crippen molar-refractivity contribution in [3.8, 4) is 0 Å². The predicted molar refractivity (Wildman–Crippen MR) is 114 cm³/mol. The molecule has 2 aromatic carbocycles. The van der Waals surface area contributed by atoms with Gasteiger partial charge in [0.1, 0.15) is 5.58 Å². The molecule has 4 rings (SSSR count). The van der Waals surface area contributed by atoms with Gasteiger partial charge in [0.15, 0.2) is 0 Å². The minimum atomic E-state index is -0.0611. The van der Waals surface area contributed by atoms with Crippen LogP contribution in [0.3, 0.4) is 0 Å². The molecule has 0 bridgehead atoms. The van der Waals surface area contributed by atoms with E-state index in [9.17, 15) is 9.59 Å². The highest BCUT2D eigenvalue weighted by atomic mass is 16.3. The number of furan rings is 1. The van der Waals surface area contributed by atoms with E-state index in [4.69, 9.17) is 4.42 Å². The summed E-state index contributed by atoms with van der Waals surface area (Å²) in [5.74, 6) is -0.108. The standard InChI is InChI=1S/C24H26N2O3/c1-15(2)24(28)26-20-8-6-16(7-9-20)13-25-23(27)12-19-14-29-22-11-18-5-3-4-17(18)10-21(19)22/h6-11,14-15H,3-5,12-13H2,1-2H3,(H,25,27)(H,26,28). The minimum absolute atomic E-state index is 0.0102. The Hall–Kier alpha value is -3.08. The van der Waals surface area contributed by atoms with Crippen molar-refractivity contribution < 1.29 is 14.0 Å². The van der Waals surface area contributed by atoms with Crippen molar-refractivity contribution in [2.45, 2.75) is 46.1 Å². The first kappa shape index (κ1) is 19.2. The second-order valence-corrected chi connectivity index (χ2v) is 8.03. The van der Waals surface area contributed by atoms with E-state index < -0.39 is 0 Å². The van der Waals surface area contributed by atoms with E-state index in [0.717, 1.165) is 40.6 Å². The Balaban J connectivity index is 1.35. The molecular weight excluding hydrogens is 364 g/mol. The molecule has 0 atom stereocenters. The molecule has 0 aliphatic heterocycles. The summed E-state index contributed by atoms with van der Waals surface area (Å²) < 4.78 is 5.69. The number of amides is 2. The molecule has 1 heterocycles. The zero-order valence-electron chi connectivity index (χ0n) is 16.9. The van der Waals surface area contributed by atoms with Gasteiger partial charge >= 0.3 is 0 Å². The summed E-state index contributed by atoms with van der Waals surface area (Å²) in [5.41, 5.74) is 6.29. The molecule has 0 fully saturated rings. The van der Waals surface area contributed by atoms with Crippen LogP contribution in [0.1, 0.15) is 42.5 Å². The van der Waals surface area contributed by atoms with E-state index in [2.05, 4.69) is 22.8 Å². The van der Waals surface area contributed by atoms with E-state index in [1.54, 1.807) is 6.26 Å². The number of benzene rings is 2. The van der Waals surface area contributed by atoms with Crippen molar-refractivity contribution in [2.24, 2.45) is 5.92 Å². The maximum absolute atomic E-state index is 12.4. The third kappa shape index (κ3) is 4.34. The van der Waals surface area contributed by atoms with E-state index in [0.29, 0.717) is 13.0 Å². The second kappa shape index (κ2) is 8.11. The van der Waals surface area contributed by atoms with Gasteiger partial charge in [-0.3, -0.25) is 9.59 Å². The monoisotopic (exact) mass is 390 g/mol. The Morgan fingerprint density at radius 2 is 1.79 bits per heavy atom. The van der Waals surface area contributed by atoms with Gasteiger partial charge in [-0.15, -0.1) is 0 Å². The predicted octanol–water partition coefficient (Wildman–Crippen LogP) is 4.37. The summed E-state index contributed by atoms with van der Waals surface area (Å²) in [6, 6.07) is 11.8. The molecule has 5 heteroatoms. The Morgan fingerprint density at radius 3 is 2.52 bits per heavy atom. The van der Waals surface area contributed by atoms with Crippen LogP contribution in [0.5, 0.6) is 0 Å². The highest BCUT2D eigenvalue weighted by Gasteiger charge is 2.16. The summed E-state index contributed by atoms with van der Waals surface area (Å²) in [6.07, 6.45) is 5.41. The highest BCUT2D eigenvalue weighted by Crippen LogP contribution is 2.30. The topological polar surface area (TPSA) is 71.3 Å². The third-order valence-electron chi connectivity index (χ3n) is 5.45. The first-order valence-electron chi connectivity index (χ1n) is 10.2. The molecule has 1 aromatic heterocycles. The fourth-order valence-corrected chi connectivity index (χ4v) is 3.71. The molecule has 5 nitrogen and oxygen atoms in total. The molecule has 150 valence electrons. The van der Waals surface area contributed by atoms with Crippen molar-refractivity contribution in [2.75, 3.05) is 5.32 Å². The molecular formula is C24H26N2O3. The smallest absolute Gasteiger partial charge is 0.226 e. The number of carbonyl (C=O) groups is 2. The van der Waals surface area contributed by atoms with Gasteiger partial charge in [0.05, 0.1) is 12.7 Å². The van der Waals surface area contributed by atoms with Crippen LogP contribution in [-0.2, 0) is 35.4 Å². The summed E-state index contributed by atoms with van der Waals surface area (Å²) >= 11 is 0. The number of anilines is 1. The average molecular weight is 390 g/mol. The molecule has 0 unspecified atom stereocenters. The largest absolute Gasteiger partial charge is 0.464 e. The molecule has 0 radical (unpaired) electrons. The van der Waals surface area contributed by atoms with Crippen LogP contribution in [0.25, 0.3) is 11.0 Å². The van der Waals surface area contributed by atoms with Gasteiger partial charge in [-0.25, -0.2) is 0 Å². The van der Waals surface area contributed by atoms with Crippen LogP contribution in [0, 0.1) is 5.92 Å². The molecule has 0 saturated carbocycles. The number of carbonyl (C=O) groups excluding carboxylic acids is 2. The second-order valence-electron chi connectivity index (χ2n) is 8.03. The van der Waals surface area contributed by atoms with Crippen LogP contribution in [-0.4, -0.2) is 11.8 Å². The maximum Gasteiger partial charge on any atom is 0.226 e. The number of nitrogens with one attached hydrogen (secondary N) is 2. The fourth-order valence-electron chi connectivity index (χ4n) is 3.71. The summed E-state index contributed by atoms with van der Waals surface area (Å²) in [4.78, 5) is 24.2. The summed E-state index contributed by atoms with van der Waals surface area (Å²) in [5, 5.41) is 6.87. The first-order chi connectivity index (χ1) is 14.0. The maximum atomic E-state index is 12.4. The third-order valence-corrected chi connectivity index (χ3v) is 5.45. The van der Waals surface area contributed by atoms with Gasteiger partial charge in [0.2, 0.25) is 11.8 Å². The molecule has 0 spiro atoms. The van der Waals surface area contributed by atoms with E-state index in [-0.39, 0.29) is 17.7 Å². The van der Waals surface area contributed by atoms with E-state index >= 15 is 0 Å². The van der Waals surface area contributed by atoms with Gasteiger partial charge in [-0.1, -0.05) is 26.0 Å². The number of hydrogen-bond donors (Lipinski definition) is 2. The Morgan fingerprint density at radius 1 is 1.07 bits per heavy atom. The lowest BCUT2D eigenvalue weighted by Crippen LogP contribution is -2.24. The lowest BCUT2D eigenvalue weighted by atomic mass is 10.0. The number of aryl methyl sites for hydroxylation is 2. The zero-order chi connectivity index (χ0) is 20.4. The number of hydrogen-bond acceptors (Lipinski definition) is 3. The Labute approximate surface area is 170 Å². The van der Waals surface area contributed by atoms with Crippen molar-refractivity contribution in [3.63, 3.8) is 0 Å². The van der Waals surface area contributed by atoms with Crippen molar-refractivity contribution in [1.29, 1.82) is 0 Å². The normalized spacial score (nSPS) is 12.9. The molecule has 2 amide bonds. The summed E-state index contributed by atoms with van der Waals surface area (Å²) in [6.45, 7) is 4.16. The zero-order valence-corrected chi connectivity index (χ0v) is 16.9. The van der Waals surface area contributed by atoms with Crippen LogP contribution in [0.15, 0.2) is 47.1 Å². The quantitative estimate of drug-likeness (QED) is 0.656. The minimum Gasteiger partial charge on any atom is -0.464 e. The molecule has 2 N–H and O–H groups in total. The summed E-state index contributed by atoms with van der Waals surface area (Å²) in [7, 11) is 0. The number of rotatable bonds is 6. The first-order valence-corrected chi connectivity index (χ1v) is 10.2. The van der Waals surface area contributed by atoms with Crippen molar-refractivity contribution in [3.05, 3.63) is 64.9 Å². The molecule has 1 aliphatic rings. The van der Waals surface area contributed by atoms with Gasteiger partial charge in [-0.2, -0.15) is 0 Å². The average Bonchev–Trinajstić information content (AvgIpc) is 3.32. The Bertz CT molecular complexity index is 1050. The highest BCUT2D eigenvalue weighted by molar-refractivity contribution is 5.92. The number of fused-ring (bicyclic) bond motifs is 2. The van der Waals surface area contributed by atoms with Crippen molar-refractivity contribution >= 4 is 28.5 Å². The molecule has 1 aliphatic carbocycles. The lowest BCUT2D eigenvalue weighted by Gasteiger charge is -2.09. The Kier molecular flexibility index (Phi) is 5.38. The fraction of sp³-hybridized carbons (Fsp3) is 0.333. The van der Waals surface area contributed by atoms with Crippen LogP contribution < -0.4 is 10.6 Å². The molecule has 3 aromatic rings. The lowest BCUT2D eigenvalue weighted by molar-refractivity contribution is -0.120. The molecule has 29 heavy (non-hydrogen) atoms. The van der Waals surface area contributed by atoms with E-state index in [1.165, 1.54) is 17.5 Å². The van der Waals surface area contributed by atoms with Gasteiger partial charge in [0.25, 0.3) is 0 Å².